The Bertz CT molecular complexity index is 875. The fourth-order valence-corrected chi connectivity index (χ4v) is 3.50. The highest BCUT2D eigenvalue weighted by Gasteiger charge is 2.40. The first-order valence-electron chi connectivity index (χ1n) is 10.1. The van der Waals surface area contributed by atoms with Crippen molar-refractivity contribution < 1.29 is 51.3 Å². The fraction of sp³-hybridized carbons (Fsp3) is 0.524. The molecule has 1 aromatic carbocycles. The molecule has 0 fully saturated rings. The number of ether oxygens (including phenoxy) is 4. The molecule has 0 aliphatic heterocycles. The molecule has 0 aliphatic carbocycles. The van der Waals surface area contributed by atoms with Crippen LogP contribution in [0.2, 0.25) is 0 Å². The molecular formula is C21H26BrF3N2O8. The predicted octanol–water partition coefficient (Wildman–Crippen LogP) is 1.97. The molecule has 196 valence electrons. The number of nitrogens with zero attached hydrogens (tertiary/aromatic N) is 1. The van der Waals surface area contributed by atoms with Gasteiger partial charge >= 0.3 is 24.0 Å². The molecule has 14 heteroatoms. The largest absolute Gasteiger partial charge is 0.497 e. The van der Waals surface area contributed by atoms with Crippen LogP contribution in [0, 0.1) is 0 Å². The Labute approximate surface area is 208 Å². The normalized spacial score (nSPS) is 11.9. The third kappa shape index (κ3) is 8.92. The second-order valence-electron chi connectivity index (χ2n) is 7.00. The number of esters is 2. The molecule has 0 aromatic heterocycles. The van der Waals surface area contributed by atoms with Crippen molar-refractivity contribution in [1.82, 2.24) is 10.2 Å². The van der Waals surface area contributed by atoms with E-state index in [0.29, 0.717) is 17.1 Å². The van der Waals surface area contributed by atoms with Gasteiger partial charge in [-0.05, 0) is 30.5 Å². The molecule has 35 heavy (non-hydrogen) atoms. The van der Waals surface area contributed by atoms with Gasteiger partial charge in [-0.15, -0.1) is 0 Å². The third-order valence-corrected chi connectivity index (χ3v) is 5.50. The van der Waals surface area contributed by atoms with Crippen LogP contribution in [-0.4, -0.2) is 80.7 Å². The molecule has 1 atom stereocenters. The first-order valence-corrected chi connectivity index (χ1v) is 11.0. The number of benzene rings is 1. The number of carbonyl (C=O) groups is 4. The quantitative estimate of drug-likeness (QED) is 0.175. The number of alkyl halides is 4. The minimum absolute atomic E-state index is 0.00852. The van der Waals surface area contributed by atoms with Gasteiger partial charge in [-0.3, -0.25) is 9.59 Å². The standard InChI is InChI=1S/C21H26BrF3N2O8/c1-32-13-8-12(9-14(10-13)33-2)11-27(16(18(29)34-3)19(30)35-4)17(28)15(22)6-5-7-26-20(31)21(23,24)25/h8-10,15-16H,5-7,11H2,1-4H3,(H,26,31)/t15-/m1/s1. The lowest BCUT2D eigenvalue weighted by atomic mass is 10.1. The van der Waals surface area contributed by atoms with Gasteiger partial charge in [-0.2, -0.15) is 13.2 Å². The van der Waals surface area contributed by atoms with E-state index in [9.17, 15) is 32.3 Å². The lowest BCUT2D eigenvalue weighted by molar-refractivity contribution is -0.173. The molecule has 0 aliphatic rings. The fourth-order valence-electron chi connectivity index (χ4n) is 2.91. The van der Waals surface area contributed by atoms with Crippen LogP contribution >= 0.6 is 15.9 Å². The van der Waals surface area contributed by atoms with Crippen molar-refractivity contribution in [2.45, 2.75) is 36.4 Å². The number of carbonyl (C=O) groups excluding carboxylic acids is 4. The van der Waals surface area contributed by atoms with E-state index in [1.807, 2.05) is 0 Å². The maximum Gasteiger partial charge on any atom is 0.471 e. The van der Waals surface area contributed by atoms with Crippen LogP contribution in [0.4, 0.5) is 13.2 Å². The second-order valence-corrected chi connectivity index (χ2v) is 8.10. The van der Waals surface area contributed by atoms with E-state index in [1.165, 1.54) is 14.2 Å². The van der Waals surface area contributed by atoms with Gasteiger partial charge in [-0.1, -0.05) is 15.9 Å². The summed E-state index contributed by atoms with van der Waals surface area (Å²) in [5.41, 5.74) is 0.435. The number of halogens is 4. The molecule has 1 N–H and O–H groups in total. The van der Waals surface area contributed by atoms with Crippen molar-refractivity contribution in [1.29, 1.82) is 0 Å². The Hall–Kier alpha value is -3.03. The van der Waals surface area contributed by atoms with Gasteiger partial charge in [0.25, 0.3) is 0 Å². The van der Waals surface area contributed by atoms with Crippen LogP contribution in [0.3, 0.4) is 0 Å². The van der Waals surface area contributed by atoms with Crippen LogP contribution in [0.1, 0.15) is 18.4 Å². The van der Waals surface area contributed by atoms with Gasteiger partial charge in [0, 0.05) is 19.2 Å². The average Bonchev–Trinajstić information content (AvgIpc) is 2.83. The zero-order valence-electron chi connectivity index (χ0n) is 19.4. The Balaban J connectivity index is 3.17. The van der Waals surface area contributed by atoms with Crippen molar-refractivity contribution in [2.24, 2.45) is 0 Å². The summed E-state index contributed by atoms with van der Waals surface area (Å²) in [6.45, 7) is -0.619. The summed E-state index contributed by atoms with van der Waals surface area (Å²) < 4.78 is 56.7. The summed E-state index contributed by atoms with van der Waals surface area (Å²) >= 11 is 3.15. The number of methoxy groups -OCH3 is 4. The van der Waals surface area contributed by atoms with Crippen LogP contribution < -0.4 is 14.8 Å². The molecule has 0 saturated heterocycles. The van der Waals surface area contributed by atoms with Gasteiger partial charge in [0.05, 0.1) is 33.3 Å². The smallest absolute Gasteiger partial charge is 0.471 e. The van der Waals surface area contributed by atoms with Crippen LogP contribution in [0.5, 0.6) is 11.5 Å². The average molecular weight is 571 g/mol. The van der Waals surface area contributed by atoms with Crippen molar-refractivity contribution >= 4 is 39.7 Å². The van der Waals surface area contributed by atoms with E-state index in [-0.39, 0.29) is 25.9 Å². The van der Waals surface area contributed by atoms with Gasteiger partial charge in [0.2, 0.25) is 11.9 Å². The molecule has 0 bridgehead atoms. The van der Waals surface area contributed by atoms with Gasteiger partial charge < -0.3 is 29.2 Å². The van der Waals surface area contributed by atoms with E-state index in [1.54, 1.807) is 23.5 Å². The second kappa shape index (κ2) is 13.8. The van der Waals surface area contributed by atoms with E-state index in [2.05, 4.69) is 25.4 Å². The zero-order valence-corrected chi connectivity index (χ0v) is 21.0. The summed E-state index contributed by atoms with van der Waals surface area (Å²) in [7, 11) is 4.90. The molecule has 0 unspecified atom stereocenters. The van der Waals surface area contributed by atoms with Gasteiger partial charge in [-0.25, -0.2) is 9.59 Å². The predicted molar refractivity (Wildman–Crippen MR) is 119 cm³/mol. The summed E-state index contributed by atoms with van der Waals surface area (Å²) in [6, 6.07) is 2.94. The minimum atomic E-state index is -5.02. The number of rotatable bonds is 12. The van der Waals surface area contributed by atoms with Crippen LogP contribution in [0.15, 0.2) is 18.2 Å². The summed E-state index contributed by atoms with van der Waals surface area (Å²) in [6.07, 6.45) is -5.05. The Kier molecular flexibility index (Phi) is 11.8. The van der Waals surface area contributed by atoms with E-state index in [0.717, 1.165) is 19.1 Å². The van der Waals surface area contributed by atoms with Crippen molar-refractivity contribution in [2.75, 3.05) is 35.0 Å². The minimum Gasteiger partial charge on any atom is -0.497 e. The van der Waals surface area contributed by atoms with Crippen molar-refractivity contribution in [3.63, 3.8) is 0 Å². The maximum absolute atomic E-state index is 13.3. The lowest BCUT2D eigenvalue weighted by Crippen LogP contribution is -2.52. The van der Waals surface area contributed by atoms with Gasteiger partial charge in [0.1, 0.15) is 11.5 Å². The first-order chi connectivity index (χ1) is 16.4. The Morgan fingerprint density at radius 2 is 1.49 bits per heavy atom. The summed E-state index contributed by atoms with van der Waals surface area (Å²) in [4.78, 5) is 48.9. The Morgan fingerprint density at radius 1 is 0.971 bits per heavy atom. The monoisotopic (exact) mass is 570 g/mol. The molecule has 1 rings (SSSR count). The summed E-state index contributed by atoms with van der Waals surface area (Å²) in [5, 5.41) is 1.70. The number of hydrogen-bond acceptors (Lipinski definition) is 8. The van der Waals surface area contributed by atoms with Crippen LogP contribution in [-0.2, 0) is 35.2 Å². The summed E-state index contributed by atoms with van der Waals surface area (Å²) in [5.74, 6) is -4.19. The topological polar surface area (TPSA) is 120 Å². The number of nitrogens with one attached hydrogen (secondary N) is 1. The molecule has 0 heterocycles. The molecule has 0 spiro atoms. The first kappa shape index (κ1) is 30.0. The highest BCUT2D eigenvalue weighted by molar-refractivity contribution is 9.10. The van der Waals surface area contributed by atoms with Crippen molar-refractivity contribution in [3.05, 3.63) is 23.8 Å². The van der Waals surface area contributed by atoms with E-state index < -0.39 is 40.8 Å². The molecule has 2 amide bonds. The maximum atomic E-state index is 13.3. The number of amides is 2. The highest BCUT2D eigenvalue weighted by atomic mass is 79.9. The van der Waals surface area contributed by atoms with Crippen LogP contribution in [0.25, 0.3) is 0 Å². The molecule has 10 nitrogen and oxygen atoms in total. The zero-order chi connectivity index (χ0) is 26.8. The van der Waals surface area contributed by atoms with E-state index in [4.69, 9.17) is 9.47 Å². The van der Waals surface area contributed by atoms with E-state index >= 15 is 0 Å². The van der Waals surface area contributed by atoms with Gasteiger partial charge in [0.15, 0.2) is 0 Å². The molecule has 1 aromatic rings. The SMILES string of the molecule is COC(=O)C(C(=O)OC)N(Cc1cc(OC)cc(OC)c1)C(=O)[C@H](Br)CCCNC(=O)C(F)(F)F. The molecule has 0 radical (unpaired) electrons. The molecular weight excluding hydrogens is 545 g/mol. The third-order valence-electron chi connectivity index (χ3n) is 4.65. The van der Waals surface area contributed by atoms with Crippen molar-refractivity contribution in [3.8, 4) is 11.5 Å². The highest BCUT2D eigenvalue weighted by Crippen LogP contribution is 2.26. The number of hydrogen-bond donors (Lipinski definition) is 1. The molecule has 0 saturated carbocycles. The Morgan fingerprint density at radius 3 is 1.91 bits per heavy atom. The lowest BCUT2D eigenvalue weighted by Gasteiger charge is -2.30.